The molecule has 1 aromatic carbocycles. The van der Waals surface area contributed by atoms with Crippen molar-refractivity contribution in [1.29, 1.82) is 0 Å². The highest BCUT2D eigenvalue weighted by atomic mass is 32.1. The number of anilines is 1. The van der Waals surface area contributed by atoms with Gasteiger partial charge in [-0.2, -0.15) is 0 Å². The minimum absolute atomic E-state index is 0.0631. The van der Waals surface area contributed by atoms with Gasteiger partial charge in [-0.05, 0) is 49.8 Å². The van der Waals surface area contributed by atoms with Crippen molar-refractivity contribution in [3.05, 3.63) is 29.3 Å². The van der Waals surface area contributed by atoms with E-state index >= 15 is 0 Å². The molecule has 2 rings (SSSR count). The number of carbonyl (C=O) groups is 1. The zero-order valence-corrected chi connectivity index (χ0v) is 12.4. The summed E-state index contributed by atoms with van der Waals surface area (Å²) in [5, 5.41) is 2.99. The number of hydrogen-bond donors (Lipinski definition) is 2. The molecule has 0 unspecified atom stereocenters. The molecule has 3 nitrogen and oxygen atoms in total. The Bertz CT molecular complexity index is 533. The maximum absolute atomic E-state index is 12.5. The second kappa shape index (κ2) is 4.93. The largest absolute Gasteiger partial charge is 0.392 e. The molecule has 1 amide bonds. The first-order valence-electron chi connectivity index (χ1n) is 6.54. The SMILES string of the molecule is Cc1ccc(C)c(NC(=O)C2(C(N)=S)CC(C)C2)c1. The molecule has 1 aliphatic carbocycles. The summed E-state index contributed by atoms with van der Waals surface area (Å²) in [6.45, 7) is 6.09. The Kier molecular flexibility index (Phi) is 3.63. The van der Waals surface area contributed by atoms with Crippen LogP contribution in [0.5, 0.6) is 0 Å². The average Bonchev–Trinajstić information content (AvgIpc) is 2.28. The highest BCUT2D eigenvalue weighted by Crippen LogP contribution is 2.46. The molecule has 3 N–H and O–H groups in total. The molecule has 1 saturated carbocycles. The lowest BCUT2D eigenvalue weighted by Crippen LogP contribution is -2.53. The van der Waals surface area contributed by atoms with Gasteiger partial charge in [-0.25, -0.2) is 0 Å². The molecule has 0 aromatic heterocycles. The third-order valence-corrected chi connectivity index (χ3v) is 4.33. The zero-order valence-electron chi connectivity index (χ0n) is 11.6. The summed E-state index contributed by atoms with van der Waals surface area (Å²) in [6.07, 6.45) is 1.50. The van der Waals surface area contributed by atoms with E-state index in [0.29, 0.717) is 10.9 Å². The molecule has 19 heavy (non-hydrogen) atoms. The number of nitrogens with one attached hydrogen (secondary N) is 1. The number of carbonyl (C=O) groups excluding carboxylic acids is 1. The van der Waals surface area contributed by atoms with E-state index in [0.717, 1.165) is 29.7 Å². The Balaban J connectivity index is 2.21. The van der Waals surface area contributed by atoms with Crippen LogP contribution in [0, 0.1) is 25.2 Å². The lowest BCUT2D eigenvalue weighted by Gasteiger charge is -2.44. The van der Waals surface area contributed by atoms with E-state index in [4.69, 9.17) is 18.0 Å². The van der Waals surface area contributed by atoms with Crippen LogP contribution >= 0.6 is 12.2 Å². The standard InChI is InChI=1S/C15H20N2OS/c1-9-4-5-11(3)12(6-9)17-14(18)15(13(16)19)7-10(2)8-15/h4-6,10H,7-8H2,1-3H3,(H2,16,19)(H,17,18). The van der Waals surface area contributed by atoms with Crippen LogP contribution in [0.25, 0.3) is 0 Å². The molecule has 1 aliphatic rings. The van der Waals surface area contributed by atoms with Gasteiger partial charge in [0.1, 0.15) is 0 Å². The minimum Gasteiger partial charge on any atom is -0.392 e. The van der Waals surface area contributed by atoms with Gasteiger partial charge in [0.25, 0.3) is 0 Å². The average molecular weight is 276 g/mol. The van der Waals surface area contributed by atoms with Crippen molar-refractivity contribution >= 4 is 28.8 Å². The number of rotatable bonds is 3. The van der Waals surface area contributed by atoms with Crippen LogP contribution < -0.4 is 11.1 Å². The molecule has 1 fully saturated rings. The molecule has 0 saturated heterocycles. The van der Waals surface area contributed by atoms with Crippen molar-refractivity contribution < 1.29 is 4.79 Å². The molecule has 0 spiro atoms. The van der Waals surface area contributed by atoms with Crippen molar-refractivity contribution in [2.24, 2.45) is 17.1 Å². The second-order valence-corrected chi connectivity index (χ2v) is 6.17. The summed E-state index contributed by atoms with van der Waals surface area (Å²) in [4.78, 5) is 12.8. The first kappa shape index (κ1) is 14.0. The topological polar surface area (TPSA) is 55.1 Å². The van der Waals surface area contributed by atoms with Crippen LogP contribution in [0.4, 0.5) is 5.69 Å². The third kappa shape index (κ3) is 2.50. The fraction of sp³-hybridized carbons (Fsp3) is 0.467. The third-order valence-electron chi connectivity index (χ3n) is 3.94. The number of aryl methyl sites for hydroxylation is 2. The summed E-state index contributed by atoms with van der Waals surface area (Å²) in [6, 6.07) is 6.00. The van der Waals surface area contributed by atoms with E-state index in [-0.39, 0.29) is 5.91 Å². The van der Waals surface area contributed by atoms with Crippen LogP contribution in [-0.4, -0.2) is 10.9 Å². The Morgan fingerprint density at radius 3 is 2.58 bits per heavy atom. The molecular formula is C15H20N2OS. The summed E-state index contributed by atoms with van der Waals surface area (Å²) >= 11 is 5.10. The summed E-state index contributed by atoms with van der Waals surface area (Å²) in [5.74, 6) is 0.442. The van der Waals surface area contributed by atoms with Crippen molar-refractivity contribution in [2.75, 3.05) is 5.32 Å². The van der Waals surface area contributed by atoms with E-state index in [1.807, 2.05) is 32.0 Å². The van der Waals surface area contributed by atoms with E-state index in [9.17, 15) is 4.79 Å². The van der Waals surface area contributed by atoms with Crippen molar-refractivity contribution in [3.8, 4) is 0 Å². The van der Waals surface area contributed by atoms with E-state index in [1.165, 1.54) is 0 Å². The molecular weight excluding hydrogens is 256 g/mol. The Morgan fingerprint density at radius 1 is 1.42 bits per heavy atom. The maximum atomic E-state index is 12.5. The number of nitrogens with two attached hydrogens (primary N) is 1. The predicted octanol–water partition coefficient (Wildman–Crippen LogP) is 2.94. The Labute approximate surface area is 119 Å². The Hall–Kier alpha value is -1.42. The van der Waals surface area contributed by atoms with Crippen molar-refractivity contribution in [3.63, 3.8) is 0 Å². The molecule has 1 aromatic rings. The lowest BCUT2D eigenvalue weighted by atomic mass is 9.62. The highest BCUT2D eigenvalue weighted by molar-refractivity contribution is 7.80. The van der Waals surface area contributed by atoms with Gasteiger partial charge in [0.2, 0.25) is 5.91 Å². The number of hydrogen-bond acceptors (Lipinski definition) is 2. The zero-order chi connectivity index (χ0) is 14.2. The first-order valence-corrected chi connectivity index (χ1v) is 6.94. The summed E-state index contributed by atoms with van der Waals surface area (Å²) in [7, 11) is 0. The minimum atomic E-state index is -0.648. The maximum Gasteiger partial charge on any atom is 0.237 e. The van der Waals surface area contributed by atoms with E-state index in [1.54, 1.807) is 0 Å². The second-order valence-electron chi connectivity index (χ2n) is 5.73. The number of amides is 1. The van der Waals surface area contributed by atoms with Crippen LogP contribution in [-0.2, 0) is 4.79 Å². The molecule has 0 atom stereocenters. The molecule has 0 radical (unpaired) electrons. The molecule has 0 heterocycles. The fourth-order valence-corrected chi connectivity index (χ4v) is 3.00. The van der Waals surface area contributed by atoms with E-state index in [2.05, 4.69) is 12.2 Å². The predicted molar refractivity (Wildman–Crippen MR) is 82.2 cm³/mol. The van der Waals surface area contributed by atoms with Gasteiger partial charge in [-0.15, -0.1) is 0 Å². The quantitative estimate of drug-likeness (QED) is 0.835. The van der Waals surface area contributed by atoms with Gasteiger partial charge < -0.3 is 11.1 Å². The van der Waals surface area contributed by atoms with Gasteiger partial charge in [0.05, 0.1) is 10.4 Å². The lowest BCUT2D eigenvalue weighted by molar-refractivity contribution is -0.127. The van der Waals surface area contributed by atoms with Crippen LogP contribution in [0.1, 0.15) is 30.9 Å². The van der Waals surface area contributed by atoms with Gasteiger partial charge in [0.15, 0.2) is 0 Å². The molecule has 0 bridgehead atoms. The van der Waals surface area contributed by atoms with Crippen molar-refractivity contribution in [1.82, 2.24) is 0 Å². The first-order chi connectivity index (χ1) is 8.85. The highest BCUT2D eigenvalue weighted by Gasteiger charge is 2.50. The monoisotopic (exact) mass is 276 g/mol. The smallest absolute Gasteiger partial charge is 0.237 e. The summed E-state index contributed by atoms with van der Waals surface area (Å²) < 4.78 is 0. The van der Waals surface area contributed by atoms with Crippen LogP contribution in [0.2, 0.25) is 0 Å². The molecule has 102 valence electrons. The van der Waals surface area contributed by atoms with Gasteiger partial charge in [0, 0.05) is 5.69 Å². The van der Waals surface area contributed by atoms with Crippen LogP contribution in [0.15, 0.2) is 18.2 Å². The van der Waals surface area contributed by atoms with Crippen molar-refractivity contribution in [2.45, 2.75) is 33.6 Å². The Morgan fingerprint density at radius 2 is 2.05 bits per heavy atom. The number of benzene rings is 1. The molecule has 0 aliphatic heterocycles. The summed E-state index contributed by atoms with van der Waals surface area (Å²) in [5.41, 5.74) is 8.15. The van der Waals surface area contributed by atoms with Gasteiger partial charge in [-0.3, -0.25) is 4.79 Å². The number of thiocarbonyl (C=S) groups is 1. The van der Waals surface area contributed by atoms with Gasteiger partial charge in [-0.1, -0.05) is 31.3 Å². The fourth-order valence-electron chi connectivity index (χ4n) is 2.74. The van der Waals surface area contributed by atoms with Crippen LogP contribution in [0.3, 0.4) is 0 Å². The van der Waals surface area contributed by atoms with Gasteiger partial charge >= 0.3 is 0 Å². The normalized spacial score (nSPS) is 25.5. The van der Waals surface area contributed by atoms with E-state index < -0.39 is 5.41 Å². The molecule has 4 heteroatoms.